The number of benzene rings is 2. The Hall–Kier alpha value is -1.85. The molecule has 1 amide bonds. The van der Waals surface area contributed by atoms with Gasteiger partial charge in [-0.15, -0.1) is 0 Å². The molecule has 11 heteroatoms. The zero-order chi connectivity index (χ0) is 20.3. The number of hydrazine groups is 1. The van der Waals surface area contributed by atoms with E-state index in [4.69, 9.17) is 22.0 Å². The number of aryl methyl sites for hydroxylation is 1. The Morgan fingerprint density at radius 2 is 2.21 bits per heavy atom. The Morgan fingerprint density at radius 3 is 2.89 bits per heavy atom. The van der Waals surface area contributed by atoms with Crippen molar-refractivity contribution >= 4 is 67.9 Å². The highest BCUT2D eigenvalue weighted by Crippen LogP contribution is 2.34. The molecule has 0 atom stereocenters. The molecule has 1 heterocycles. The van der Waals surface area contributed by atoms with Gasteiger partial charge in [-0.05, 0) is 42.7 Å². The molecular formula is C17H16BrClFN5O2S. The van der Waals surface area contributed by atoms with E-state index in [1.807, 2.05) is 5.43 Å². The molecule has 0 aliphatic rings. The average molecular weight is 489 g/mol. The van der Waals surface area contributed by atoms with Crippen molar-refractivity contribution in [3.63, 3.8) is 0 Å². The summed E-state index contributed by atoms with van der Waals surface area (Å²) in [5.41, 5.74) is 2.97. The Balaban J connectivity index is 2.10. The number of hydrogen-bond acceptors (Lipinski definition) is 6. The fourth-order valence-corrected chi connectivity index (χ4v) is 3.72. The lowest BCUT2D eigenvalue weighted by Crippen LogP contribution is -2.30. The van der Waals surface area contributed by atoms with Gasteiger partial charge in [0.1, 0.15) is 5.52 Å². The molecule has 148 valence electrons. The van der Waals surface area contributed by atoms with Crippen molar-refractivity contribution in [2.45, 2.75) is 13.0 Å². The van der Waals surface area contributed by atoms with Gasteiger partial charge in [-0.2, -0.15) is 0 Å². The van der Waals surface area contributed by atoms with Crippen molar-refractivity contribution < 1.29 is 13.7 Å². The average Bonchev–Trinajstić information content (AvgIpc) is 3.08. The van der Waals surface area contributed by atoms with E-state index in [0.717, 1.165) is 16.5 Å². The van der Waals surface area contributed by atoms with Crippen LogP contribution in [0.1, 0.15) is 16.8 Å². The van der Waals surface area contributed by atoms with Crippen LogP contribution in [0.15, 0.2) is 35.1 Å². The molecule has 2 aromatic carbocycles. The fourth-order valence-electron chi connectivity index (χ4n) is 2.74. The molecule has 0 fully saturated rings. The van der Waals surface area contributed by atoms with E-state index in [2.05, 4.69) is 26.2 Å². The summed E-state index contributed by atoms with van der Waals surface area (Å²) in [6.07, 6.45) is 2.15. The van der Waals surface area contributed by atoms with Crippen LogP contribution in [-0.4, -0.2) is 25.8 Å². The van der Waals surface area contributed by atoms with Crippen LogP contribution in [-0.2, 0) is 6.54 Å². The lowest BCUT2D eigenvalue weighted by atomic mass is 10.1. The fraction of sp³-hybridized carbons (Fsp3) is 0.176. The van der Waals surface area contributed by atoms with E-state index in [1.165, 1.54) is 12.4 Å². The summed E-state index contributed by atoms with van der Waals surface area (Å²) in [6, 6.07) is 6.57. The number of nitrogen functional groups attached to an aromatic ring is 1. The van der Waals surface area contributed by atoms with Crippen LogP contribution in [0, 0.1) is 5.82 Å². The predicted molar refractivity (Wildman–Crippen MR) is 113 cm³/mol. The van der Waals surface area contributed by atoms with Crippen LogP contribution >= 0.6 is 39.6 Å². The van der Waals surface area contributed by atoms with Crippen molar-refractivity contribution in [1.29, 1.82) is 0 Å². The molecule has 28 heavy (non-hydrogen) atoms. The van der Waals surface area contributed by atoms with Crippen molar-refractivity contribution in [1.82, 2.24) is 15.0 Å². The molecule has 0 aliphatic heterocycles. The molecule has 0 radical (unpaired) electrons. The Bertz CT molecular complexity index is 1030. The summed E-state index contributed by atoms with van der Waals surface area (Å²) >= 11 is 10.3. The first-order valence-corrected chi connectivity index (χ1v) is 10.2. The van der Waals surface area contributed by atoms with Gasteiger partial charge < -0.3 is 14.4 Å². The number of nitrogens with zero attached hydrogens (tertiary/aromatic N) is 2. The number of imidazole rings is 1. The number of anilines is 2. The maximum absolute atomic E-state index is 15.3. The van der Waals surface area contributed by atoms with Crippen LogP contribution in [0.4, 0.5) is 15.8 Å². The van der Waals surface area contributed by atoms with Gasteiger partial charge in [-0.25, -0.2) is 15.2 Å². The summed E-state index contributed by atoms with van der Waals surface area (Å²) in [7, 11) is 0. The second-order valence-electron chi connectivity index (χ2n) is 5.83. The van der Waals surface area contributed by atoms with E-state index in [9.17, 15) is 4.79 Å². The minimum atomic E-state index is -0.689. The third-order valence-corrected chi connectivity index (χ3v) is 5.33. The number of nitrogens with one attached hydrogen (secondary N) is 2. The zero-order valence-electron chi connectivity index (χ0n) is 14.4. The smallest absolute Gasteiger partial charge is 0.267 e. The largest absolute Gasteiger partial charge is 0.351 e. The summed E-state index contributed by atoms with van der Waals surface area (Å²) in [5, 5.41) is 3.22. The first-order valence-electron chi connectivity index (χ1n) is 8.13. The molecule has 3 aromatic rings. The molecule has 0 spiro atoms. The topological polar surface area (TPSA) is 105 Å². The summed E-state index contributed by atoms with van der Waals surface area (Å²) < 4.78 is 26.6. The van der Waals surface area contributed by atoms with Crippen LogP contribution < -0.4 is 16.6 Å². The number of carbonyl (C=O) groups excluding carboxylic acids is 1. The molecular weight excluding hydrogens is 473 g/mol. The number of fused-ring (bicyclic) bond motifs is 1. The van der Waals surface area contributed by atoms with Crippen molar-refractivity contribution in [2.24, 2.45) is 5.84 Å². The number of aromatic nitrogens is 2. The van der Waals surface area contributed by atoms with Crippen LogP contribution in [0.25, 0.3) is 11.0 Å². The summed E-state index contributed by atoms with van der Waals surface area (Å²) in [6.45, 7) is 0.512. The van der Waals surface area contributed by atoms with Gasteiger partial charge in [0.2, 0.25) is 0 Å². The highest BCUT2D eigenvalue weighted by molar-refractivity contribution is 9.10. The molecule has 0 unspecified atom stereocenters. The molecule has 3 rings (SSSR count). The number of hydrogen-bond donors (Lipinski definition) is 4. The molecule has 5 N–H and O–H groups in total. The minimum absolute atomic E-state index is 0.0183. The molecule has 7 nitrogen and oxygen atoms in total. The van der Waals surface area contributed by atoms with Gasteiger partial charge in [-0.1, -0.05) is 27.5 Å². The summed E-state index contributed by atoms with van der Waals surface area (Å²) in [4.78, 5) is 16.4. The number of amides is 1. The lowest BCUT2D eigenvalue weighted by Gasteiger charge is -2.15. The van der Waals surface area contributed by atoms with Crippen molar-refractivity contribution in [3.8, 4) is 0 Å². The third-order valence-electron chi connectivity index (χ3n) is 4.06. The highest BCUT2D eigenvalue weighted by atomic mass is 79.9. The van der Waals surface area contributed by atoms with Crippen LogP contribution in [0.5, 0.6) is 0 Å². The van der Waals surface area contributed by atoms with E-state index in [1.54, 1.807) is 22.8 Å². The quantitative estimate of drug-likeness (QED) is 0.128. The molecule has 0 bridgehead atoms. The number of halogens is 3. The van der Waals surface area contributed by atoms with Crippen LogP contribution in [0.2, 0.25) is 5.02 Å². The van der Waals surface area contributed by atoms with Gasteiger partial charge in [0, 0.05) is 16.8 Å². The van der Waals surface area contributed by atoms with Gasteiger partial charge in [0.15, 0.2) is 5.82 Å². The van der Waals surface area contributed by atoms with E-state index < -0.39 is 11.7 Å². The minimum Gasteiger partial charge on any atom is -0.351 e. The van der Waals surface area contributed by atoms with Crippen molar-refractivity contribution in [2.75, 3.05) is 11.1 Å². The Kier molecular flexibility index (Phi) is 6.78. The normalized spacial score (nSPS) is 11.0. The monoisotopic (exact) mass is 487 g/mol. The van der Waals surface area contributed by atoms with E-state index >= 15 is 4.39 Å². The maximum Gasteiger partial charge on any atom is 0.267 e. The lowest BCUT2D eigenvalue weighted by molar-refractivity contribution is 0.0954. The van der Waals surface area contributed by atoms with E-state index in [0.29, 0.717) is 34.9 Å². The van der Waals surface area contributed by atoms with Gasteiger partial charge in [-0.3, -0.25) is 10.2 Å². The zero-order valence-corrected chi connectivity index (χ0v) is 17.5. The number of carbonyl (C=O) groups is 1. The number of rotatable bonds is 7. The molecule has 0 saturated heterocycles. The molecule has 0 saturated carbocycles. The second kappa shape index (κ2) is 9.10. The van der Waals surface area contributed by atoms with Gasteiger partial charge in [0.25, 0.3) is 5.91 Å². The highest BCUT2D eigenvalue weighted by Gasteiger charge is 2.22. The van der Waals surface area contributed by atoms with Gasteiger partial charge >= 0.3 is 0 Å². The van der Waals surface area contributed by atoms with Gasteiger partial charge in [0.05, 0.1) is 33.8 Å². The third kappa shape index (κ3) is 4.26. The second-order valence-corrected chi connectivity index (χ2v) is 7.82. The summed E-state index contributed by atoms with van der Waals surface area (Å²) in [5.74, 6) is 4.47. The first kappa shape index (κ1) is 20.9. The number of nitrogens with two attached hydrogens (primary N) is 1. The Labute approximate surface area is 177 Å². The molecule has 0 aliphatic carbocycles. The SMILES string of the molecule is NNC(=O)c1cc2c(ncn2CCCSO)c(F)c1Nc1ccc(Br)cc1Cl. The van der Waals surface area contributed by atoms with Crippen molar-refractivity contribution in [3.05, 3.63) is 51.5 Å². The maximum atomic E-state index is 15.3. The predicted octanol–water partition coefficient (Wildman–Crippen LogP) is 4.53. The Morgan fingerprint density at radius 1 is 1.43 bits per heavy atom. The van der Waals surface area contributed by atoms with Crippen LogP contribution in [0.3, 0.4) is 0 Å². The van der Waals surface area contributed by atoms with E-state index in [-0.39, 0.29) is 16.8 Å². The molecule has 1 aromatic heterocycles. The standard InChI is InChI=1S/C17H16BrClFN5O2S/c18-9-2-3-12(11(19)6-9)23-15-10(17(26)24-21)7-13-16(14(15)20)22-8-25(13)4-1-5-28-27/h2-3,6-8,23,27H,1,4-5,21H2,(H,24,26). The first-order chi connectivity index (χ1) is 13.5.